The summed E-state index contributed by atoms with van der Waals surface area (Å²) in [6.45, 7) is 8.28. The fourth-order valence-electron chi connectivity index (χ4n) is 6.29. The van der Waals surface area contributed by atoms with Gasteiger partial charge in [-0.1, -0.05) is 55.5 Å². The number of methoxy groups -OCH3 is 2. The van der Waals surface area contributed by atoms with E-state index in [2.05, 4.69) is 82.3 Å². The third-order valence-corrected chi connectivity index (χ3v) is 8.47. The van der Waals surface area contributed by atoms with Crippen molar-refractivity contribution in [3.05, 3.63) is 89.0 Å². The molecule has 0 spiro atoms. The SMILES string of the molecule is CCN1CCN(c2cccc3c2CN([C@H](CCCc2ccccc2)c2ccc(OC)c(OC)c2)C3C=O)CC1. The van der Waals surface area contributed by atoms with Crippen LogP contribution in [-0.2, 0) is 17.8 Å². The molecule has 0 bridgehead atoms. The summed E-state index contributed by atoms with van der Waals surface area (Å²) in [6, 6.07) is 23.2. The Hall–Kier alpha value is -3.35. The Balaban J connectivity index is 1.45. The van der Waals surface area contributed by atoms with Crippen molar-refractivity contribution in [3.63, 3.8) is 0 Å². The zero-order valence-electron chi connectivity index (χ0n) is 23.5. The number of hydrogen-bond acceptors (Lipinski definition) is 6. The number of ether oxygens (including phenoxy) is 2. The lowest BCUT2D eigenvalue weighted by molar-refractivity contribution is -0.113. The zero-order chi connectivity index (χ0) is 27.2. The van der Waals surface area contributed by atoms with Gasteiger partial charge in [0.05, 0.1) is 20.3 Å². The Morgan fingerprint density at radius 3 is 2.38 bits per heavy atom. The second-order valence-corrected chi connectivity index (χ2v) is 10.5. The summed E-state index contributed by atoms with van der Waals surface area (Å²) in [5.74, 6) is 1.44. The van der Waals surface area contributed by atoms with Crippen LogP contribution in [-0.4, -0.2) is 63.0 Å². The molecular weight excluding hydrogens is 486 g/mol. The molecule has 6 nitrogen and oxygen atoms in total. The summed E-state index contributed by atoms with van der Waals surface area (Å²) in [5, 5.41) is 0. The van der Waals surface area contributed by atoms with Gasteiger partial charge in [-0.05, 0) is 66.3 Å². The monoisotopic (exact) mass is 527 g/mol. The molecule has 5 rings (SSSR count). The number of hydrogen-bond donors (Lipinski definition) is 0. The third-order valence-electron chi connectivity index (χ3n) is 8.47. The number of carbonyl (C=O) groups is 1. The van der Waals surface area contributed by atoms with Gasteiger partial charge in [-0.3, -0.25) is 4.90 Å². The molecule has 1 unspecified atom stereocenters. The fraction of sp³-hybridized carbons (Fsp3) is 0.424. The standard InChI is InChI=1S/C33H41N3O3/c1-4-34-18-20-35(21-19-34)30-15-9-13-27-28(30)23-36(31(27)24-37)29(14-8-12-25-10-6-5-7-11-25)26-16-17-32(38-2)33(22-26)39-3/h5-7,9-11,13,15-17,22,24,29,31H,4,8,12,14,18-21,23H2,1-3H3/t29-,31?/m1/s1. The molecular formula is C33H41N3O3. The average molecular weight is 528 g/mol. The minimum atomic E-state index is -0.272. The molecule has 0 aliphatic carbocycles. The van der Waals surface area contributed by atoms with Crippen molar-refractivity contribution in [2.45, 2.75) is 44.8 Å². The number of aryl methyl sites for hydroxylation is 1. The van der Waals surface area contributed by atoms with Crippen molar-refractivity contribution in [3.8, 4) is 11.5 Å². The predicted molar refractivity (Wildman–Crippen MR) is 157 cm³/mol. The molecule has 0 saturated carbocycles. The number of piperazine rings is 1. The normalized spacial score (nSPS) is 18.5. The van der Waals surface area contributed by atoms with E-state index in [9.17, 15) is 4.79 Å². The third kappa shape index (κ3) is 5.82. The van der Waals surface area contributed by atoms with Gasteiger partial charge in [0.15, 0.2) is 11.5 Å². The number of likely N-dealkylation sites (N-methyl/N-ethyl adjacent to an activating group) is 1. The molecule has 6 heteroatoms. The van der Waals surface area contributed by atoms with Crippen LogP contribution < -0.4 is 14.4 Å². The summed E-state index contributed by atoms with van der Waals surface area (Å²) >= 11 is 0. The minimum absolute atomic E-state index is 0.0703. The van der Waals surface area contributed by atoms with Crippen LogP contribution in [0.25, 0.3) is 0 Å². The Labute approximate surface area is 233 Å². The second-order valence-electron chi connectivity index (χ2n) is 10.5. The van der Waals surface area contributed by atoms with Crippen LogP contribution in [0, 0.1) is 0 Å². The Kier molecular flexibility index (Phi) is 8.84. The summed E-state index contributed by atoms with van der Waals surface area (Å²) < 4.78 is 11.2. The number of nitrogens with zero attached hydrogens (tertiary/aromatic N) is 3. The maximum Gasteiger partial charge on any atom is 0.161 e. The number of fused-ring (bicyclic) bond motifs is 1. The molecule has 1 fully saturated rings. The van der Waals surface area contributed by atoms with Gasteiger partial charge in [0.25, 0.3) is 0 Å². The van der Waals surface area contributed by atoms with Crippen LogP contribution in [0.5, 0.6) is 11.5 Å². The van der Waals surface area contributed by atoms with Crippen LogP contribution in [0.4, 0.5) is 5.69 Å². The molecule has 3 aromatic carbocycles. The molecule has 0 radical (unpaired) electrons. The first-order valence-corrected chi connectivity index (χ1v) is 14.2. The highest BCUT2D eigenvalue weighted by atomic mass is 16.5. The second kappa shape index (κ2) is 12.7. The van der Waals surface area contributed by atoms with E-state index < -0.39 is 0 Å². The average Bonchev–Trinajstić information content (AvgIpc) is 3.38. The van der Waals surface area contributed by atoms with Gasteiger partial charge in [0.1, 0.15) is 6.29 Å². The molecule has 39 heavy (non-hydrogen) atoms. The highest BCUT2D eigenvalue weighted by Crippen LogP contribution is 2.45. The number of benzene rings is 3. The molecule has 2 atom stereocenters. The van der Waals surface area contributed by atoms with Crippen molar-refractivity contribution in [1.82, 2.24) is 9.80 Å². The van der Waals surface area contributed by atoms with Crippen LogP contribution in [0.2, 0.25) is 0 Å². The highest BCUT2D eigenvalue weighted by molar-refractivity contribution is 5.70. The lowest BCUT2D eigenvalue weighted by Gasteiger charge is -2.36. The first-order valence-electron chi connectivity index (χ1n) is 14.2. The number of rotatable bonds is 11. The number of anilines is 1. The van der Waals surface area contributed by atoms with Gasteiger partial charge < -0.3 is 24.1 Å². The Bertz CT molecular complexity index is 1240. The Morgan fingerprint density at radius 2 is 1.69 bits per heavy atom. The van der Waals surface area contributed by atoms with E-state index in [4.69, 9.17) is 9.47 Å². The van der Waals surface area contributed by atoms with E-state index in [-0.39, 0.29) is 12.1 Å². The molecule has 1 saturated heterocycles. The molecule has 206 valence electrons. The Morgan fingerprint density at radius 1 is 0.923 bits per heavy atom. The first-order chi connectivity index (χ1) is 19.2. The van der Waals surface area contributed by atoms with E-state index in [1.165, 1.54) is 16.8 Å². The van der Waals surface area contributed by atoms with E-state index in [0.29, 0.717) is 0 Å². The maximum absolute atomic E-state index is 12.7. The van der Waals surface area contributed by atoms with Crippen molar-refractivity contribution in [2.24, 2.45) is 0 Å². The molecule has 0 aromatic heterocycles. The van der Waals surface area contributed by atoms with E-state index in [1.54, 1.807) is 14.2 Å². The topological polar surface area (TPSA) is 45.2 Å². The maximum atomic E-state index is 12.7. The largest absolute Gasteiger partial charge is 0.493 e. The quantitative estimate of drug-likeness (QED) is 0.300. The molecule has 0 amide bonds. The van der Waals surface area contributed by atoms with Gasteiger partial charge >= 0.3 is 0 Å². The van der Waals surface area contributed by atoms with Gasteiger partial charge in [0, 0.05) is 44.5 Å². The molecule has 2 heterocycles. The van der Waals surface area contributed by atoms with Gasteiger partial charge in [-0.25, -0.2) is 0 Å². The zero-order valence-corrected chi connectivity index (χ0v) is 23.5. The van der Waals surface area contributed by atoms with Crippen molar-refractivity contribution in [1.29, 1.82) is 0 Å². The number of carbonyl (C=O) groups excluding carboxylic acids is 1. The lowest BCUT2D eigenvalue weighted by atomic mass is 9.96. The smallest absolute Gasteiger partial charge is 0.161 e. The predicted octanol–water partition coefficient (Wildman–Crippen LogP) is 5.67. The minimum Gasteiger partial charge on any atom is -0.493 e. The summed E-state index contributed by atoms with van der Waals surface area (Å²) in [4.78, 5) is 20.1. The van der Waals surface area contributed by atoms with Gasteiger partial charge in [0.2, 0.25) is 0 Å². The van der Waals surface area contributed by atoms with E-state index >= 15 is 0 Å². The molecule has 2 aliphatic heterocycles. The van der Waals surface area contributed by atoms with Crippen LogP contribution in [0.15, 0.2) is 66.7 Å². The molecule has 3 aromatic rings. The van der Waals surface area contributed by atoms with Gasteiger partial charge in [-0.15, -0.1) is 0 Å². The molecule has 2 aliphatic rings. The van der Waals surface area contributed by atoms with E-state index in [0.717, 1.165) is 87.4 Å². The van der Waals surface area contributed by atoms with Crippen molar-refractivity contribution in [2.75, 3.05) is 51.8 Å². The van der Waals surface area contributed by atoms with Crippen molar-refractivity contribution >= 4 is 12.0 Å². The van der Waals surface area contributed by atoms with Crippen molar-refractivity contribution < 1.29 is 14.3 Å². The fourth-order valence-corrected chi connectivity index (χ4v) is 6.29. The summed E-state index contributed by atoms with van der Waals surface area (Å²) in [6.07, 6.45) is 4.10. The van der Waals surface area contributed by atoms with Crippen LogP contribution >= 0.6 is 0 Å². The summed E-state index contributed by atoms with van der Waals surface area (Å²) in [7, 11) is 3.34. The van der Waals surface area contributed by atoms with Crippen LogP contribution in [0.1, 0.15) is 54.1 Å². The number of aldehydes is 1. The summed E-state index contributed by atoms with van der Waals surface area (Å²) in [5.41, 5.74) is 6.22. The lowest BCUT2D eigenvalue weighted by Crippen LogP contribution is -2.46. The van der Waals surface area contributed by atoms with Gasteiger partial charge in [-0.2, -0.15) is 0 Å². The first kappa shape index (κ1) is 27.2. The highest BCUT2D eigenvalue weighted by Gasteiger charge is 2.37. The van der Waals surface area contributed by atoms with E-state index in [1.807, 2.05) is 6.07 Å². The molecule has 0 N–H and O–H groups in total. The van der Waals surface area contributed by atoms with Crippen LogP contribution in [0.3, 0.4) is 0 Å².